The number of aromatic nitrogens is 4. The fourth-order valence-electron chi connectivity index (χ4n) is 4.06. The lowest BCUT2D eigenvalue weighted by molar-refractivity contribution is -0.0137. The molecule has 0 saturated carbocycles. The van der Waals surface area contributed by atoms with E-state index in [9.17, 15) is 5.11 Å². The van der Waals surface area contributed by atoms with Crippen LogP contribution in [-0.4, -0.2) is 69.5 Å². The summed E-state index contributed by atoms with van der Waals surface area (Å²) in [6.07, 6.45) is 2.48. The van der Waals surface area contributed by atoms with E-state index in [-0.39, 0.29) is 0 Å². The molecule has 0 bridgehead atoms. The van der Waals surface area contributed by atoms with Gasteiger partial charge in [0, 0.05) is 44.5 Å². The van der Waals surface area contributed by atoms with Gasteiger partial charge in [-0.1, -0.05) is 24.3 Å². The van der Waals surface area contributed by atoms with Crippen LogP contribution in [0.3, 0.4) is 0 Å². The monoisotopic (exact) mass is 417 g/mol. The van der Waals surface area contributed by atoms with E-state index in [4.69, 9.17) is 6.57 Å². The number of benzene rings is 2. The number of tetrazole rings is 1. The van der Waals surface area contributed by atoms with E-state index in [0.717, 1.165) is 50.1 Å². The number of piperidine rings is 1. The first-order valence-corrected chi connectivity index (χ1v) is 10.5. The van der Waals surface area contributed by atoms with Crippen LogP contribution >= 0.6 is 0 Å². The first-order chi connectivity index (χ1) is 15.0. The largest absolute Gasteiger partial charge is 0.388 e. The minimum Gasteiger partial charge on any atom is -0.388 e. The zero-order valence-corrected chi connectivity index (χ0v) is 17.7. The Kier molecular flexibility index (Phi) is 6.26. The second kappa shape index (κ2) is 9.25. The van der Waals surface area contributed by atoms with Crippen LogP contribution in [0.15, 0.2) is 48.5 Å². The standard InChI is InChI=1S/C23H27N7O/c1-24-20-7-3-18(4-8-20)11-14-30-15-12-23(31,13-16-30)17-29(2)21-9-5-19(6-10-21)22-25-27-28-26-22/h3-10,31H,11-17H2,2H3,(H,25,26,27,28). The van der Waals surface area contributed by atoms with Crippen molar-refractivity contribution in [2.24, 2.45) is 0 Å². The molecule has 2 heterocycles. The Morgan fingerprint density at radius 2 is 1.84 bits per heavy atom. The third-order valence-corrected chi connectivity index (χ3v) is 6.01. The van der Waals surface area contributed by atoms with Crippen molar-refractivity contribution in [2.45, 2.75) is 24.9 Å². The molecule has 8 nitrogen and oxygen atoms in total. The van der Waals surface area contributed by atoms with Crippen LogP contribution in [0.1, 0.15) is 18.4 Å². The van der Waals surface area contributed by atoms with E-state index in [2.05, 4.69) is 35.3 Å². The molecular weight excluding hydrogens is 390 g/mol. The van der Waals surface area contributed by atoms with Crippen LogP contribution in [0.4, 0.5) is 11.4 Å². The van der Waals surface area contributed by atoms with Gasteiger partial charge >= 0.3 is 0 Å². The molecule has 1 aromatic heterocycles. The average Bonchev–Trinajstić information content (AvgIpc) is 3.34. The van der Waals surface area contributed by atoms with Gasteiger partial charge in [0.05, 0.1) is 12.2 Å². The number of hydrogen-bond donors (Lipinski definition) is 2. The van der Waals surface area contributed by atoms with E-state index < -0.39 is 5.60 Å². The van der Waals surface area contributed by atoms with Gasteiger partial charge in [-0.2, -0.15) is 5.21 Å². The number of nitrogens with zero attached hydrogens (tertiary/aromatic N) is 6. The molecule has 0 unspecified atom stereocenters. The maximum absolute atomic E-state index is 11.1. The highest BCUT2D eigenvalue weighted by Crippen LogP contribution is 2.26. The number of anilines is 1. The molecule has 1 aliphatic heterocycles. The van der Waals surface area contributed by atoms with Gasteiger partial charge in [0.1, 0.15) is 0 Å². The van der Waals surface area contributed by atoms with Crippen molar-refractivity contribution in [3.05, 3.63) is 65.5 Å². The van der Waals surface area contributed by atoms with Gasteiger partial charge in [0.2, 0.25) is 5.82 Å². The summed E-state index contributed by atoms with van der Waals surface area (Å²) in [5, 5.41) is 25.2. The van der Waals surface area contributed by atoms with Gasteiger partial charge in [0.15, 0.2) is 5.69 Å². The van der Waals surface area contributed by atoms with Crippen molar-refractivity contribution in [1.29, 1.82) is 0 Å². The fraction of sp³-hybridized carbons (Fsp3) is 0.391. The number of aromatic amines is 1. The van der Waals surface area contributed by atoms with Gasteiger partial charge in [0.25, 0.3) is 0 Å². The van der Waals surface area contributed by atoms with Crippen molar-refractivity contribution in [1.82, 2.24) is 25.5 Å². The first-order valence-electron chi connectivity index (χ1n) is 10.5. The second-order valence-corrected chi connectivity index (χ2v) is 8.23. The predicted molar refractivity (Wildman–Crippen MR) is 120 cm³/mol. The van der Waals surface area contributed by atoms with Gasteiger partial charge in [-0.3, -0.25) is 0 Å². The molecule has 4 rings (SSSR count). The SMILES string of the molecule is [C-]#[N+]c1ccc(CCN2CCC(O)(CN(C)c3ccc(-c4nn[nH]n4)cc3)CC2)cc1. The Bertz CT molecular complexity index is 1000. The highest BCUT2D eigenvalue weighted by molar-refractivity contribution is 5.59. The summed E-state index contributed by atoms with van der Waals surface area (Å²) >= 11 is 0. The first kappa shape index (κ1) is 21.0. The molecule has 0 aliphatic carbocycles. The summed E-state index contributed by atoms with van der Waals surface area (Å²) in [5.74, 6) is 0.572. The average molecular weight is 418 g/mol. The fourth-order valence-corrected chi connectivity index (χ4v) is 4.06. The van der Waals surface area contributed by atoms with Crippen LogP contribution < -0.4 is 4.90 Å². The van der Waals surface area contributed by atoms with Crippen LogP contribution in [0.2, 0.25) is 0 Å². The highest BCUT2D eigenvalue weighted by atomic mass is 16.3. The van der Waals surface area contributed by atoms with E-state index in [1.807, 2.05) is 55.6 Å². The second-order valence-electron chi connectivity index (χ2n) is 8.23. The molecule has 31 heavy (non-hydrogen) atoms. The molecule has 1 saturated heterocycles. The molecule has 0 spiro atoms. The van der Waals surface area contributed by atoms with E-state index >= 15 is 0 Å². The van der Waals surface area contributed by atoms with Crippen LogP contribution in [0, 0.1) is 6.57 Å². The van der Waals surface area contributed by atoms with Crippen molar-refractivity contribution >= 4 is 11.4 Å². The number of likely N-dealkylation sites (tertiary alicyclic amines) is 1. The summed E-state index contributed by atoms with van der Waals surface area (Å²) in [4.78, 5) is 7.96. The number of hydrogen-bond acceptors (Lipinski definition) is 6. The lowest BCUT2D eigenvalue weighted by Gasteiger charge is -2.40. The summed E-state index contributed by atoms with van der Waals surface area (Å²) in [6.45, 7) is 10.4. The molecule has 0 atom stereocenters. The van der Waals surface area contributed by atoms with E-state index in [0.29, 0.717) is 18.1 Å². The minimum atomic E-state index is -0.686. The van der Waals surface area contributed by atoms with Gasteiger partial charge in [-0.15, -0.1) is 10.2 Å². The molecule has 1 fully saturated rings. The van der Waals surface area contributed by atoms with Crippen LogP contribution in [0.5, 0.6) is 0 Å². The molecule has 0 amide bonds. The normalized spacial score (nSPS) is 16.0. The lowest BCUT2D eigenvalue weighted by Crippen LogP contribution is -2.50. The number of aliphatic hydroxyl groups is 1. The Balaban J connectivity index is 1.26. The summed E-state index contributed by atoms with van der Waals surface area (Å²) in [5.41, 5.74) is 3.19. The van der Waals surface area contributed by atoms with Gasteiger partial charge in [-0.25, -0.2) is 4.85 Å². The Morgan fingerprint density at radius 1 is 1.13 bits per heavy atom. The van der Waals surface area contributed by atoms with Crippen molar-refractivity contribution in [3.63, 3.8) is 0 Å². The smallest absolute Gasteiger partial charge is 0.204 e. The molecule has 1 aliphatic rings. The number of likely N-dealkylation sites (N-methyl/N-ethyl adjacent to an activating group) is 1. The van der Waals surface area contributed by atoms with Crippen molar-refractivity contribution in [3.8, 4) is 11.4 Å². The Morgan fingerprint density at radius 3 is 2.45 bits per heavy atom. The van der Waals surface area contributed by atoms with Crippen LogP contribution in [-0.2, 0) is 6.42 Å². The number of nitrogens with one attached hydrogen (secondary N) is 1. The maximum atomic E-state index is 11.1. The zero-order chi connectivity index (χ0) is 21.7. The minimum absolute atomic E-state index is 0.572. The zero-order valence-electron chi connectivity index (χ0n) is 17.7. The number of rotatable bonds is 7. The lowest BCUT2D eigenvalue weighted by atomic mass is 9.90. The summed E-state index contributed by atoms with van der Waals surface area (Å²) in [7, 11) is 2.01. The van der Waals surface area contributed by atoms with Crippen LogP contribution in [0.25, 0.3) is 16.2 Å². The molecule has 160 valence electrons. The third-order valence-electron chi connectivity index (χ3n) is 6.01. The summed E-state index contributed by atoms with van der Waals surface area (Å²) in [6, 6.07) is 15.8. The molecular formula is C23H27N7O. The Hall–Kier alpha value is -3.28. The van der Waals surface area contributed by atoms with Gasteiger partial charge in [-0.05, 0) is 54.3 Å². The number of H-pyrrole nitrogens is 1. The molecule has 2 N–H and O–H groups in total. The highest BCUT2D eigenvalue weighted by Gasteiger charge is 2.33. The quantitative estimate of drug-likeness (QED) is 0.575. The maximum Gasteiger partial charge on any atom is 0.204 e. The molecule has 8 heteroatoms. The van der Waals surface area contributed by atoms with Crippen molar-refractivity contribution in [2.75, 3.05) is 38.1 Å². The van der Waals surface area contributed by atoms with E-state index in [1.54, 1.807) is 0 Å². The van der Waals surface area contributed by atoms with E-state index in [1.165, 1.54) is 5.56 Å². The molecule has 2 aromatic carbocycles. The summed E-state index contributed by atoms with van der Waals surface area (Å²) < 4.78 is 0. The molecule has 3 aromatic rings. The molecule has 0 radical (unpaired) electrons. The third kappa shape index (κ3) is 5.26. The topological polar surface area (TPSA) is 85.5 Å². The van der Waals surface area contributed by atoms with Gasteiger partial charge < -0.3 is 14.9 Å². The Labute approximate surface area is 182 Å². The van der Waals surface area contributed by atoms with Crippen molar-refractivity contribution < 1.29 is 5.11 Å². The predicted octanol–water partition coefficient (Wildman–Crippen LogP) is 2.92.